The first-order chi connectivity index (χ1) is 10.3. The van der Waals surface area contributed by atoms with E-state index in [1.807, 2.05) is 12.4 Å². The van der Waals surface area contributed by atoms with Gasteiger partial charge in [0.1, 0.15) is 0 Å². The van der Waals surface area contributed by atoms with Crippen LogP contribution in [0.15, 0.2) is 18.5 Å². The van der Waals surface area contributed by atoms with Crippen LogP contribution in [0.1, 0.15) is 57.4 Å². The predicted octanol–water partition coefficient (Wildman–Crippen LogP) is 3.74. The van der Waals surface area contributed by atoms with Crippen molar-refractivity contribution in [1.29, 1.82) is 0 Å². The van der Waals surface area contributed by atoms with Gasteiger partial charge in [0.25, 0.3) is 0 Å². The Kier molecular flexibility index (Phi) is 4.79. The van der Waals surface area contributed by atoms with E-state index in [2.05, 4.69) is 28.2 Å². The van der Waals surface area contributed by atoms with E-state index in [0.717, 1.165) is 13.1 Å². The molecule has 1 saturated carbocycles. The van der Waals surface area contributed by atoms with Crippen LogP contribution in [0.2, 0.25) is 0 Å². The molecule has 3 rings (SSSR count). The van der Waals surface area contributed by atoms with Crippen molar-refractivity contribution in [2.45, 2.75) is 58.4 Å². The topological polar surface area (TPSA) is 28.2 Å². The molecule has 1 aliphatic heterocycles. The van der Waals surface area contributed by atoms with Crippen molar-refractivity contribution in [3.63, 3.8) is 0 Å². The molecule has 1 N–H and O–H groups in total. The number of nitrogens with zero attached hydrogens (tertiary/aromatic N) is 2. The lowest BCUT2D eigenvalue weighted by Crippen LogP contribution is -2.41. The summed E-state index contributed by atoms with van der Waals surface area (Å²) >= 11 is 0. The maximum Gasteiger partial charge on any atom is 0.0442 e. The number of aromatic nitrogens is 1. The Morgan fingerprint density at radius 3 is 2.62 bits per heavy atom. The zero-order chi connectivity index (χ0) is 14.5. The summed E-state index contributed by atoms with van der Waals surface area (Å²) in [5.74, 6) is 0. The maximum atomic E-state index is 4.31. The molecule has 0 aromatic carbocycles. The van der Waals surface area contributed by atoms with Crippen molar-refractivity contribution in [2.24, 2.45) is 5.41 Å². The lowest BCUT2D eigenvalue weighted by Gasteiger charge is -2.45. The van der Waals surface area contributed by atoms with Crippen molar-refractivity contribution >= 4 is 5.69 Å². The highest BCUT2D eigenvalue weighted by Gasteiger charge is 2.35. The molecule has 3 nitrogen and oxygen atoms in total. The standard InChI is InChI=1S/C18H29N3/c1-2-19-14-16-15-20-11-6-17(16)21-12-9-18(10-13-21)7-4-3-5-8-18/h6,11,15,19H,2-5,7-10,12-14H2,1H3. The van der Waals surface area contributed by atoms with E-state index in [9.17, 15) is 0 Å². The van der Waals surface area contributed by atoms with Gasteiger partial charge in [-0.2, -0.15) is 0 Å². The molecule has 0 amide bonds. The third-order valence-corrected chi connectivity index (χ3v) is 5.52. The van der Waals surface area contributed by atoms with Crippen LogP contribution in [0.25, 0.3) is 0 Å². The number of rotatable bonds is 4. The summed E-state index contributed by atoms with van der Waals surface area (Å²) in [5.41, 5.74) is 3.43. The minimum absolute atomic E-state index is 0.684. The molecule has 2 fully saturated rings. The Balaban J connectivity index is 1.66. The normalized spacial score (nSPS) is 21.7. The maximum absolute atomic E-state index is 4.31. The summed E-state index contributed by atoms with van der Waals surface area (Å²) in [4.78, 5) is 6.90. The van der Waals surface area contributed by atoms with Gasteiger partial charge in [-0.1, -0.05) is 26.2 Å². The number of pyridine rings is 1. The molecule has 1 aromatic heterocycles. The fourth-order valence-electron chi connectivity index (χ4n) is 4.15. The number of nitrogens with one attached hydrogen (secondary N) is 1. The lowest BCUT2D eigenvalue weighted by atomic mass is 9.68. The summed E-state index contributed by atoms with van der Waals surface area (Å²) in [7, 11) is 0. The molecule has 2 aliphatic rings. The molecule has 0 unspecified atom stereocenters. The van der Waals surface area contributed by atoms with Crippen LogP contribution in [0, 0.1) is 5.41 Å². The molecule has 2 heterocycles. The Hall–Kier alpha value is -1.09. The Morgan fingerprint density at radius 2 is 1.90 bits per heavy atom. The highest BCUT2D eigenvalue weighted by atomic mass is 15.1. The predicted molar refractivity (Wildman–Crippen MR) is 88.6 cm³/mol. The first kappa shape index (κ1) is 14.8. The SMILES string of the molecule is CCNCc1cnccc1N1CCC2(CCCCC2)CC1. The van der Waals surface area contributed by atoms with Gasteiger partial charge in [-0.15, -0.1) is 0 Å². The minimum Gasteiger partial charge on any atom is -0.371 e. The second kappa shape index (κ2) is 6.78. The molecule has 116 valence electrons. The van der Waals surface area contributed by atoms with Gasteiger partial charge < -0.3 is 10.2 Å². The molecular weight excluding hydrogens is 258 g/mol. The van der Waals surface area contributed by atoms with Gasteiger partial charge in [-0.05, 0) is 43.7 Å². The van der Waals surface area contributed by atoms with E-state index in [1.165, 1.54) is 69.3 Å². The van der Waals surface area contributed by atoms with Crippen LogP contribution in [0.5, 0.6) is 0 Å². The molecule has 1 aromatic rings. The van der Waals surface area contributed by atoms with Gasteiger partial charge in [0, 0.05) is 43.3 Å². The van der Waals surface area contributed by atoms with Crippen LogP contribution >= 0.6 is 0 Å². The average Bonchev–Trinajstić information content (AvgIpc) is 2.55. The molecule has 0 radical (unpaired) electrons. The second-order valence-electron chi connectivity index (χ2n) is 6.83. The van der Waals surface area contributed by atoms with E-state index in [0.29, 0.717) is 5.41 Å². The highest BCUT2D eigenvalue weighted by molar-refractivity contribution is 5.52. The monoisotopic (exact) mass is 287 g/mol. The van der Waals surface area contributed by atoms with Gasteiger partial charge in [0.15, 0.2) is 0 Å². The minimum atomic E-state index is 0.684. The average molecular weight is 287 g/mol. The molecule has 1 aliphatic carbocycles. The Bertz CT molecular complexity index is 442. The van der Waals surface area contributed by atoms with E-state index in [4.69, 9.17) is 0 Å². The number of anilines is 1. The highest BCUT2D eigenvalue weighted by Crippen LogP contribution is 2.45. The summed E-state index contributed by atoms with van der Waals surface area (Å²) in [6, 6.07) is 2.20. The van der Waals surface area contributed by atoms with Gasteiger partial charge in [0.05, 0.1) is 0 Å². The zero-order valence-electron chi connectivity index (χ0n) is 13.4. The second-order valence-corrected chi connectivity index (χ2v) is 6.83. The van der Waals surface area contributed by atoms with Crippen LogP contribution in [-0.2, 0) is 6.54 Å². The van der Waals surface area contributed by atoms with Crippen LogP contribution in [-0.4, -0.2) is 24.6 Å². The third kappa shape index (κ3) is 3.39. The quantitative estimate of drug-likeness (QED) is 0.914. The summed E-state index contributed by atoms with van der Waals surface area (Å²) in [6.07, 6.45) is 14.1. The number of piperidine rings is 1. The van der Waals surface area contributed by atoms with E-state index < -0.39 is 0 Å². The molecule has 3 heteroatoms. The fraction of sp³-hybridized carbons (Fsp3) is 0.722. The zero-order valence-corrected chi connectivity index (χ0v) is 13.4. The van der Waals surface area contributed by atoms with Crippen LogP contribution in [0.4, 0.5) is 5.69 Å². The van der Waals surface area contributed by atoms with Crippen LogP contribution < -0.4 is 10.2 Å². The van der Waals surface area contributed by atoms with Crippen molar-refractivity contribution < 1.29 is 0 Å². The van der Waals surface area contributed by atoms with Crippen molar-refractivity contribution in [2.75, 3.05) is 24.5 Å². The van der Waals surface area contributed by atoms with Crippen LogP contribution in [0.3, 0.4) is 0 Å². The molecule has 0 atom stereocenters. The Labute approximate surface area is 129 Å². The molecule has 1 spiro atoms. The van der Waals surface area contributed by atoms with Gasteiger partial charge in [0.2, 0.25) is 0 Å². The van der Waals surface area contributed by atoms with Gasteiger partial charge in [-0.25, -0.2) is 0 Å². The summed E-state index contributed by atoms with van der Waals surface area (Å²) in [5, 5.41) is 3.43. The molecular formula is C18H29N3. The number of hydrogen-bond acceptors (Lipinski definition) is 3. The lowest BCUT2D eigenvalue weighted by molar-refractivity contribution is 0.144. The molecule has 1 saturated heterocycles. The molecule has 0 bridgehead atoms. The first-order valence-corrected chi connectivity index (χ1v) is 8.72. The van der Waals surface area contributed by atoms with E-state index in [-0.39, 0.29) is 0 Å². The van der Waals surface area contributed by atoms with Crippen molar-refractivity contribution in [1.82, 2.24) is 10.3 Å². The van der Waals surface area contributed by atoms with Crippen molar-refractivity contribution in [3.05, 3.63) is 24.0 Å². The first-order valence-electron chi connectivity index (χ1n) is 8.72. The smallest absolute Gasteiger partial charge is 0.0442 e. The summed E-state index contributed by atoms with van der Waals surface area (Å²) < 4.78 is 0. The van der Waals surface area contributed by atoms with Gasteiger partial charge >= 0.3 is 0 Å². The van der Waals surface area contributed by atoms with Crippen molar-refractivity contribution in [3.8, 4) is 0 Å². The largest absolute Gasteiger partial charge is 0.371 e. The Morgan fingerprint density at radius 1 is 1.14 bits per heavy atom. The summed E-state index contributed by atoms with van der Waals surface area (Å²) in [6.45, 7) is 6.55. The van der Waals surface area contributed by atoms with E-state index in [1.54, 1.807) is 0 Å². The van der Waals surface area contributed by atoms with E-state index >= 15 is 0 Å². The fourth-order valence-corrected chi connectivity index (χ4v) is 4.15. The molecule has 21 heavy (non-hydrogen) atoms. The number of hydrogen-bond donors (Lipinski definition) is 1. The third-order valence-electron chi connectivity index (χ3n) is 5.52. The van der Waals surface area contributed by atoms with Gasteiger partial charge in [-0.3, -0.25) is 4.98 Å².